The average molecular weight is 318 g/mol. The summed E-state index contributed by atoms with van der Waals surface area (Å²) in [7, 11) is 1.63. The van der Waals surface area contributed by atoms with Crippen molar-refractivity contribution in [3.05, 3.63) is 46.2 Å². The first kappa shape index (κ1) is 14.7. The molecule has 22 heavy (non-hydrogen) atoms. The lowest BCUT2D eigenvalue weighted by Crippen LogP contribution is -2.47. The molecular formula is C16H18N2O3S. The van der Waals surface area contributed by atoms with Gasteiger partial charge in [0, 0.05) is 10.4 Å². The Labute approximate surface area is 133 Å². The molecule has 0 unspecified atom stereocenters. The van der Waals surface area contributed by atoms with Crippen LogP contribution in [0.3, 0.4) is 0 Å². The van der Waals surface area contributed by atoms with Gasteiger partial charge in [0.05, 0.1) is 19.7 Å². The summed E-state index contributed by atoms with van der Waals surface area (Å²) in [6, 6.07) is 9.56. The van der Waals surface area contributed by atoms with Crippen LogP contribution in [0, 0.1) is 0 Å². The van der Waals surface area contributed by atoms with Crippen LogP contribution >= 0.6 is 11.3 Å². The molecule has 3 rings (SSSR count). The lowest BCUT2D eigenvalue weighted by molar-refractivity contribution is 0.210. The van der Waals surface area contributed by atoms with Gasteiger partial charge >= 0.3 is 6.03 Å². The third-order valence-corrected chi connectivity index (χ3v) is 4.39. The van der Waals surface area contributed by atoms with E-state index in [2.05, 4.69) is 10.6 Å². The van der Waals surface area contributed by atoms with E-state index in [1.54, 1.807) is 18.4 Å². The number of thiophene rings is 1. The number of benzene rings is 1. The van der Waals surface area contributed by atoms with Gasteiger partial charge in [0.25, 0.3) is 0 Å². The predicted molar refractivity (Wildman–Crippen MR) is 85.7 cm³/mol. The number of nitrogens with one attached hydrogen (secondary N) is 2. The minimum Gasteiger partial charge on any atom is -0.493 e. The average Bonchev–Trinajstić information content (AvgIpc) is 3.05. The first-order valence-electron chi connectivity index (χ1n) is 7.11. The number of amides is 2. The van der Waals surface area contributed by atoms with E-state index in [1.807, 2.05) is 35.7 Å². The summed E-state index contributed by atoms with van der Waals surface area (Å²) in [5.74, 6) is 1.51. The van der Waals surface area contributed by atoms with Crippen LogP contribution in [0.25, 0.3) is 0 Å². The minimum absolute atomic E-state index is 0.0389. The smallest absolute Gasteiger partial charge is 0.315 e. The Balaban J connectivity index is 1.55. The summed E-state index contributed by atoms with van der Waals surface area (Å²) in [5.41, 5.74) is 1.05. The van der Waals surface area contributed by atoms with Crippen LogP contribution in [0.4, 0.5) is 4.79 Å². The Bertz CT molecular complexity index is 643. The lowest BCUT2D eigenvalue weighted by atomic mass is 10.0. The lowest BCUT2D eigenvalue weighted by Gasteiger charge is -2.27. The van der Waals surface area contributed by atoms with Crippen molar-refractivity contribution < 1.29 is 14.3 Å². The third-order valence-electron chi connectivity index (χ3n) is 3.51. The fraction of sp³-hybridized carbons (Fsp3) is 0.312. The summed E-state index contributed by atoms with van der Waals surface area (Å²) < 4.78 is 11.0. The standard InChI is InChI=1S/C16H18N2O3S/c1-20-14-6-2-4-11-8-12(10-21-15(11)14)18-16(19)17-9-13-5-3-7-22-13/h2-7,12H,8-10H2,1H3,(H2,17,18,19)/t12-/m1/s1. The predicted octanol–water partition coefficient (Wildman–Crippen LogP) is 2.56. The van der Waals surface area contributed by atoms with E-state index in [-0.39, 0.29) is 12.1 Å². The Hall–Kier alpha value is -2.21. The second kappa shape index (κ2) is 6.70. The molecule has 1 aromatic heterocycles. The van der Waals surface area contributed by atoms with E-state index >= 15 is 0 Å². The van der Waals surface area contributed by atoms with Gasteiger partial charge in [0.1, 0.15) is 6.61 Å². The largest absolute Gasteiger partial charge is 0.493 e. The summed E-state index contributed by atoms with van der Waals surface area (Å²) in [5, 5.41) is 7.80. The van der Waals surface area contributed by atoms with E-state index in [9.17, 15) is 4.79 Å². The quantitative estimate of drug-likeness (QED) is 0.911. The van der Waals surface area contributed by atoms with Crippen LogP contribution in [0.15, 0.2) is 35.7 Å². The molecule has 0 fully saturated rings. The van der Waals surface area contributed by atoms with Crippen LogP contribution in [0.2, 0.25) is 0 Å². The van der Waals surface area contributed by atoms with Crippen molar-refractivity contribution in [2.75, 3.05) is 13.7 Å². The first-order valence-corrected chi connectivity index (χ1v) is 7.99. The van der Waals surface area contributed by atoms with E-state index in [0.29, 0.717) is 13.2 Å². The molecule has 1 aromatic carbocycles. The molecule has 1 aliphatic rings. The number of carbonyl (C=O) groups is 1. The first-order chi connectivity index (χ1) is 10.8. The number of para-hydroxylation sites is 1. The molecule has 1 atom stereocenters. The zero-order chi connectivity index (χ0) is 15.4. The van der Waals surface area contributed by atoms with Gasteiger partial charge in [-0.2, -0.15) is 0 Å². The second-order valence-electron chi connectivity index (χ2n) is 5.07. The molecule has 2 aromatic rings. The minimum atomic E-state index is -0.173. The van der Waals surface area contributed by atoms with Crippen LogP contribution in [0.5, 0.6) is 11.5 Å². The van der Waals surface area contributed by atoms with Crippen molar-refractivity contribution in [3.63, 3.8) is 0 Å². The number of fused-ring (bicyclic) bond motifs is 1. The normalized spacial score (nSPS) is 16.3. The van der Waals surface area contributed by atoms with Gasteiger partial charge in [0.2, 0.25) is 0 Å². The van der Waals surface area contributed by atoms with Crippen LogP contribution in [-0.2, 0) is 13.0 Å². The fourth-order valence-corrected chi connectivity index (χ4v) is 3.11. The number of methoxy groups -OCH3 is 1. The number of carbonyl (C=O) groups excluding carboxylic acids is 1. The summed E-state index contributed by atoms with van der Waals surface area (Å²) in [6.45, 7) is 0.987. The number of ether oxygens (including phenoxy) is 2. The Morgan fingerprint density at radius 3 is 3.09 bits per heavy atom. The summed E-state index contributed by atoms with van der Waals surface area (Å²) >= 11 is 1.62. The van der Waals surface area contributed by atoms with Crippen molar-refractivity contribution in [2.45, 2.75) is 19.0 Å². The molecule has 1 aliphatic heterocycles. The zero-order valence-corrected chi connectivity index (χ0v) is 13.1. The molecule has 0 saturated heterocycles. The maximum Gasteiger partial charge on any atom is 0.315 e. The highest BCUT2D eigenvalue weighted by Crippen LogP contribution is 2.34. The van der Waals surface area contributed by atoms with E-state index in [1.165, 1.54) is 0 Å². The van der Waals surface area contributed by atoms with Crippen molar-refractivity contribution in [3.8, 4) is 11.5 Å². The van der Waals surface area contributed by atoms with Crippen molar-refractivity contribution >= 4 is 17.4 Å². The topological polar surface area (TPSA) is 59.6 Å². The molecule has 0 radical (unpaired) electrons. The van der Waals surface area contributed by atoms with E-state index < -0.39 is 0 Å². The molecule has 5 nitrogen and oxygen atoms in total. The monoisotopic (exact) mass is 318 g/mol. The van der Waals surface area contributed by atoms with Gasteiger partial charge in [-0.15, -0.1) is 11.3 Å². The molecule has 2 heterocycles. The molecular weight excluding hydrogens is 300 g/mol. The number of urea groups is 1. The number of rotatable bonds is 4. The highest BCUT2D eigenvalue weighted by atomic mass is 32.1. The Kier molecular flexibility index (Phi) is 4.48. The fourth-order valence-electron chi connectivity index (χ4n) is 2.46. The summed E-state index contributed by atoms with van der Waals surface area (Å²) in [6.07, 6.45) is 0.735. The second-order valence-corrected chi connectivity index (χ2v) is 6.10. The molecule has 2 N–H and O–H groups in total. The maximum atomic E-state index is 11.9. The van der Waals surface area contributed by atoms with Gasteiger partial charge in [-0.05, 0) is 23.9 Å². The van der Waals surface area contributed by atoms with E-state index in [4.69, 9.17) is 9.47 Å². The molecule has 6 heteroatoms. The SMILES string of the molecule is COc1cccc2c1OC[C@H](NC(=O)NCc1cccs1)C2. The molecule has 0 bridgehead atoms. The molecule has 0 aliphatic carbocycles. The van der Waals surface area contributed by atoms with Crippen molar-refractivity contribution in [1.29, 1.82) is 0 Å². The molecule has 116 valence electrons. The van der Waals surface area contributed by atoms with Crippen LogP contribution in [0.1, 0.15) is 10.4 Å². The number of hydrogen-bond acceptors (Lipinski definition) is 4. The van der Waals surface area contributed by atoms with Gasteiger partial charge in [0.15, 0.2) is 11.5 Å². The highest BCUT2D eigenvalue weighted by Gasteiger charge is 2.23. The number of hydrogen-bond donors (Lipinski definition) is 2. The third kappa shape index (κ3) is 3.33. The van der Waals surface area contributed by atoms with Gasteiger partial charge in [-0.25, -0.2) is 4.79 Å². The van der Waals surface area contributed by atoms with E-state index in [0.717, 1.165) is 28.4 Å². The van der Waals surface area contributed by atoms with Gasteiger partial charge < -0.3 is 20.1 Å². The summed E-state index contributed by atoms with van der Waals surface area (Å²) in [4.78, 5) is 13.1. The molecule has 2 amide bonds. The highest BCUT2D eigenvalue weighted by molar-refractivity contribution is 7.09. The van der Waals surface area contributed by atoms with Gasteiger partial charge in [-0.3, -0.25) is 0 Å². The van der Waals surface area contributed by atoms with Gasteiger partial charge in [-0.1, -0.05) is 18.2 Å². The zero-order valence-electron chi connectivity index (χ0n) is 12.3. The van der Waals surface area contributed by atoms with Crippen LogP contribution in [-0.4, -0.2) is 25.8 Å². The molecule has 0 spiro atoms. The molecule has 0 saturated carbocycles. The Morgan fingerprint density at radius 1 is 1.41 bits per heavy atom. The Morgan fingerprint density at radius 2 is 2.32 bits per heavy atom. The maximum absolute atomic E-state index is 11.9. The van der Waals surface area contributed by atoms with Crippen molar-refractivity contribution in [2.24, 2.45) is 0 Å². The van der Waals surface area contributed by atoms with Crippen molar-refractivity contribution in [1.82, 2.24) is 10.6 Å². The van der Waals surface area contributed by atoms with Crippen LogP contribution < -0.4 is 20.1 Å².